The van der Waals surface area contributed by atoms with Crippen LogP contribution in [0.25, 0.3) is 0 Å². The molecule has 0 bridgehead atoms. The highest BCUT2D eigenvalue weighted by atomic mass is 79.9. The van der Waals surface area contributed by atoms with E-state index in [1.54, 1.807) is 24.5 Å². The second kappa shape index (κ2) is 6.22. The first-order chi connectivity index (χ1) is 8.74. The van der Waals surface area contributed by atoms with E-state index < -0.39 is 0 Å². The number of methoxy groups -OCH3 is 1. The molecular formula is C13H13BrO3S. The van der Waals surface area contributed by atoms with Crippen LogP contribution in [0, 0.1) is 0 Å². The summed E-state index contributed by atoms with van der Waals surface area (Å²) in [6.45, 7) is 0.477. The molecule has 0 fully saturated rings. The van der Waals surface area contributed by atoms with Gasteiger partial charge in [0.1, 0.15) is 6.61 Å². The molecule has 1 aromatic carbocycles. The van der Waals surface area contributed by atoms with E-state index in [9.17, 15) is 0 Å². The average Bonchev–Trinajstić information content (AvgIpc) is 2.89. The second-order valence-electron chi connectivity index (χ2n) is 3.64. The van der Waals surface area contributed by atoms with Crippen LogP contribution in [0.2, 0.25) is 0 Å². The van der Waals surface area contributed by atoms with E-state index >= 15 is 0 Å². The highest BCUT2D eigenvalue weighted by Gasteiger charge is 2.11. The molecule has 3 nitrogen and oxygen atoms in total. The van der Waals surface area contributed by atoms with Crippen molar-refractivity contribution in [1.82, 2.24) is 0 Å². The predicted molar refractivity (Wildman–Crippen MR) is 75.3 cm³/mol. The lowest BCUT2D eigenvalue weighted by Crippen LogP contribution is -1.98. The molecule has 2 rings (SSSR count). The molecule has 0 aliphatic carbocycles. The van der Waals surface area contributed by atoms with Crippen molar-refractivity contribution >= 4 is 27.3 Å². The fraction of sp³-hybridized carbons (Fsp3) is 0.231. The van der Waals surface area contributed by atoms with Gasteiger partial charge < -0.3 is 14.6 Å². The van der Waals surface area contributed by atoms with Gasteiger partial charge in [-0.25, -0.2) is 0 Å². The SMILES string of the molecule is COc1cc(CO)cc(Br)c1OCc1cccs1. The van der Waals surface area contributed by atoms with E-state index in [-0.39, 0.29) is 6.61 Å². The van der Waals surface area contributed by atoms with Crippen LogP contribution in [-0.4, -0.2) is 12.2 Å². The van der Waals surface area contributed by atoms with E-state index in [0.29, 0.717) is 18.1 Å². The van der Waals surface area contributed by atoms with Crippen LogP contribution in [0.15, 0.2) is 34.1 Å². The van der Waals surface area contributed by atoms with Crippen molar-refractivity contribution in [3.63, 3.8) is 0 Å². The Bertz CT molecular complexity index is 511. The molecule has 0 saturated heterocycles. The second-order valence-corrected chi connectivity index (χ2v) is 5.52. The standard InChI is InChI=1S/C13H13BrO3S/c1-16-12-6-9(7-15)5-11(14)13(12)17-8-10-3-2-4-18-10/h2-6,15H,7-8H2,1H3. The van der Waals surface area contributed by atoms with Crippen LogP contribution in [0.1, 0.15) is 10.4 Å². The summed E-state index contributed by atoms with van der Waals surface area (Å²) in [5.41, 5.74) is 0.780. The number of aliphatic hydroxyl groups is 1. The van der Waals surface area contributed by atoms with Gasteiger partial charge in [0.05, 0.1) is 18.2 Å². The van der Waals surface area contributed by atoms with Gasteiger partial charge in [-0.1, -0.05) is 6.07 Å². The number of benzene rings is 1. The molecule has 0 aliphatic rings. The van der Waals surface area contributed by atoms with Gasteiger partial charge in [0.25, 0.3) is 0 Å². The third kappa shape index (κ3) is 3.04. The van der Waals surface area contributed by atoms with Crippen LogP contribution in [-0.2, 0) is 13.2 Å². The molecule has 96 valence electrons. The van der Waals surface area contributed by atoms with Gasteiger partial charge in [-0.2, -0.15) is 0 Å². The zero-order chi connectivity index (χ0) is 13.0. The summed E-state index contributed by atoms with van der Waals surface area (Å²) < 4.78 is 11.8. The molecule has 0 atom stereocenters. The number of halogens is 1. The number of hydrogen-bond acceptors (Lipinski definition) is 4. The molecule has 0 spiro atoms. The quantitative estimate of drug-likeness (QED) is 0.911. The molecule has 1 heterocycles. The van der Waals surface area contributed by atoms with Gasteiger partial charge in [-0.15, -0.1) is 11.3 Å². The summed E-state index contributed by atoms with van der Waals surface area (Å²) >= 11 is 5.08. The van der Waals surface area contributed by atoms with Crippen LogP contribution in [0.4, 0.5) is 0 Å². The molecular weight excluding hydrogens is 316 g/mol. The maximum absolute atomic E-state index is 9.14. The van der Waals surface area contributed by atoms with Crippen molar-refractivity contribution in [3.8, 4) is 11.5 Å². The minimum absolute atomic E-state index is 0.0276. The lowest BCUT2D eigenvalue weighted by molar-refractivity contribution is 0.274. The Labute approximate surface area is 118 Å². The number of rotatable bonds is 5. The monoisotopic (exact) mass is 328 g/mol. The largest absolute Gasteiger partial charge is 0.493 e. The zero-order valence-electron chi connectivity index (χ0n) is 9.85. The lowest BCUT2D eigenvalue weighted by atomic mass is 10.2. The van der Waals surface area contributed by atoms with Crippen molar-refractivity contribution in [2.24, 2.45) is 0 Å². The third-order valence-corrected chi connectivity index (χ3v) is 3.85. The highest BCUT2D eigenvalue weighted by molar-refractivity contribution is 9.10. The van der Waals surface area contributed by atoms with Crippen LogP contribution < -0.4 is 9.47 Å². The van der Waals surface area contributed by atoms with Crippen molar-refractivity contribution in [2.45, 2.75) is 13.2 Å². The Kier molecular flexibility index (Phi) is 4.63. The first-order valence-electron chi connectivity index (χ1n) is 5.37. The Balaban J connectivity index is 2.20. The molecule has 0 saturated carbocycles. The van der Waals surface area contributed by atoms with E-state index in [1.165, 1.54) is 0 Å². The fourth-order valence-corrected chi connectivity index (χ4v) is 2.76. The van der Waals surface area contributed by atoms with Gasteiger partial charge in [-0.3, -0.25) is 0 Å². The summed E-state index contributed by atoms with van der Waals surface area (Å²) in [5, 5.41) is 11.2. The van der Waals surface area contributed by atoms with E-state index in [2.05, 4.69) is 15.9 Å². The smallest absolute Gasteiger partial charge is 0.175 e. The molecule has 0 unspecified atom stereocenters. The maximum atomic E-state index is 9.14. The Morgan fingerprint density at radius 3 is 2.83 bits per heavy atom. The van der Waals surface area contributed by atoms with Crippen LogP contribution in [0.5, 0.6) is 11.5 Å². The van der Waals surface area contributed by atoms with E-state index in [0.717, 1.165) is 14.9 Å². The number of thiophene rings is 1. The summed E-state index contributed by atoms with van der Waals surface area (Å²) in [6, 6.07) is 7.61. The molecule has 5 heteroatoms. The topological polar surface area (TPSA) is 38.7 Å². The number of hydrogen-bond donors (Lipinski definition) is 1. The first-order valence-corrected chi connectivity index (χ1v) is 7.04. The van der Waals surface area contributed by atoms with E-state index in [1.807, 2.05) is 23.6 Å². The maximum Gasteiger partial charge on any atom is 0.175 e. The predicted octanol–water partition coefficient (Wildman–Crippen LogP) is 3.59. The Morgan fingerprint density at radius 2 is 2.22 bits per heavy atom. The normalized spacial score (nSPS) is 10.4. The van der Waals surface area contributed by atoms with Gasteiger partial charge in [0, 0.05) is 4.88 Å². The van der Waals surface area contributed by atoms with Crippen molar-refractivity contribution in [2.75, 3.05) is 7.11 Å². The van der Waals surface area contributed by atoms with Gasteiger partial charge >= 0.3 is 0 Å². The Hall–Kier alpha value is -1.04. The summed E-state index contributed by atoms with van der Waals surface area (Å²) in [6.07, 6.45) is 0. The first kappa shape index (κ1) is 13.4. The molecule has 2 aromatic rings. The molecule has 1 N–H and O–H groups in total. The van der Waals surface area contributed by atoms with Gasteiger partial charge in [0.15, 0.2) is 11.5 Å². The van der Waals surface area contributed by atoms with Crippen molar-refractivity contribution in [3.05, 3.63) is 44.6 Å². The van der Waals surface area contributed by atoms with Gasteiger partial charge in [0.2, 0.25) is 0 Å². The fourth-order valence-electron chi connectivity index (χ4n) is 1.54. The summed E-state index contributed by atoms with van der Waals surface area (Å²) in [7, 11) is 1.58. The molecule has 0 amide bonds. The Morgan fingerprint density at radius 1 is 1.39 bits per heavy atom. The van der Waals surface area contributed by atoms with Crippen molar-refractivity contribution in [1.29, 1.82) is 0 Å². The molecule has 0 radical (unpaired) electrons. The molecule has 18 heavy (non-hydrogen) atoms. The zero-order valence-corrected chi connectivity index (χ0v) is 12.3. The summed E-state index contributed by atoms with van der Waals surface area (Å²) in [4.78, 5) is 1.15. The third-order valence-electron chi connectivity index (χ3n) is 2.41. The highest BCUT2D eigenvalue weighted by Crippen LogP contribution is 2.37. The molecule has 1 aromatic heterocycles. The van der Waals surface area contributed by atoms with Crippen LogP contribution in [0.3, 0.4) is 0 Å². The average molecular weight is 329 g/mol. The van der Waals surface area contributed by atoms with Crippen LogP contribution >= 0.6 is 27.3 Å². The lowest BCUT2D eigenvalue weighted by Gasteiger charge is -2.13. The molecule has 0 aliphatic heterocycles. The van der Waals surface area contributed by atoms with Gasteiger partial charge in [-0.05, 0) is 45.1 Å². The summed E-state index contributed by atoms with van der Waals surface area (Å²) in [5.74, 6) is 1.27. The van der Waals surface area contributed by atoms with E-state index in [4.69, 9.17) is 14.6 Å². The minimum Gasteiger partial charge on any atom is -0.493 e. The number of aliphatic hydroxyl groups excluding tert-OH is 1. The number of ether oxygens (including phenoxy) is 2. The minimum atomic E-state index is -0.0276. The van der Waals surface area contributed by atoms with Crippen molar-refractivity contribution < 1.29 is 14.6 Å².